The van der Waals surface area contributed by atoms with Crippen molar-refractivity contribution in [1.82, 2.24) is 5.32 Å². The van der Waals surface area contributed by atoms with Gasteiger partial charge < -0.3 is 68.7 Å². The number of esters is 2. The number of nitrogens with one attached hydrogen (secondary N) is 1. The van der Waals surface area contributed by atoms with E-state index in [4.69, 9.17) is 37.9 Å². The summed E-state index contributed by atoms with van der Waals surface area (Å²) in [5.74, 6) is -12.2. The number of fused-ring (bicyclic) bond motifs is 15. The molecule has 6 N–H and O–H groups in total. The maximum atomic E-state index is 14.0. The van der Waals surface area contributed by atoms with Crippen LogP contribution in [-0.4, -0.2) is 129 Å². The van der Waals surface area contributed by atoms with E-state index < -0.39 is 143 Å². The number of aliphatic hydroxyl groups excluding tert-OH is 3. The third kappa shape index (κ3) is 10.9. The third-order valence-corrected chi connectivity index (χ3v) is 13.9. The number of hydrogen-bond donors (Lipinski definition) is 6. The van der Waals surface area contributed by atoms with Gasteiger partial charge in [0.25, 0.3) is 11.7 Å². The predicted molar refractivity (Wildman–Crippen MR) is 243 cm³/mol. The Bertz CT molecular complexity index is 2370. The molecule has 1 aliphatic carbocycles. The summed E-state index contributed by atoms with van der Waals surface area (Å²) in [6, 6.07) is 0. The molecule has 15 atom stereocenters. The molecule has 5 aliphatic heterocycles. The second-order valence-corrected chi connectivity index (χ2v) is 19.7. The van der Waals surface area contributed by atoms with Crippen LogP contribution in [0.15, 0.2) is 47.9 Å². The van der Waals surface area contributed by atoms with Gasteiger partial charge in [0.2, 0.25) is 5.78 Å². The van der Waals surface area contributed by atoms with E-state index in [9.17, 15) is 54.3 Å². The lowest BCUT2D eigenvalue weighted by Gasteiger charge is -2.41. The number of ether oxygens (including phenoxy) is 8. The summed E-state index contributed by atoms with van der Waals surface area (Å²) in [6.07, 6.45) is -2.87. The van der Waals surface area contributed by atoms with Crippen molar-refractivity contribution in [2.24, 2.45) is 29.1 Å². The Kier molecular flexibility index (Phi) is 16.2. The molecule has 1 aromatic rings. The Hall–Kier alpha value is -5.48. The highest BCUT2D eigenvalue weighted by Gasteiger charge is 2.52. The predicted octanol–water partition coefficient (Wildman–Crippen LogP) is 4.14. The Labute approximate surface area is 405 Å². The molecule has 5 heterocycles. The third-order valence-electron chi connectivity index (χ3n) is 13.9. The van der Waals surface area contributed by atoms with Crippen molar-refractivity contribution in [3.8, 4) is 11.5 Å². The minimum atomic E-state index is -1.99. The summed E-state index contributed by atoms with van der Waals surface area (Å²) in [5, 5.41) is 59.5. The first kappa shape index (κ1) is 53.9. The molecule has 70 heavy (non-hydrogen) atoms. The van der Waals surface area contributed by atoms with Gasteiger partial charge in [0.15, 0.2) is 18.2 Å². The quantitative estimate of drug-likeness (QED) is 0.200. The van der Waals surface area contributed by atoms with E-state index in [0.717, 1.165) is 6.08 Å². The number of ketones is 2. The van der Waals surface area contributed by atoms with Gasteiger partial charge in [0, 0.05) is 72.3 Å². The van der Waals surface area contributed by atoms with Crippen molar-refractivity contribution in [3.05, 3.63) is 70.2 Å². The zero-order valence-corrected chi connectivity index (χ0v) is 41.1. The fourth-order valence-electron chi connectivity index (χ4n) is 9.63. The van der Waals surface area contributed by atoms with E-state index >= 15 is 0 Å². The summed E-state index contributed by atoms with van der Waals surface area (Å²) in [5.41, 5.74) is -2.94. The van der Waals surface area contributed by atoms with Crippen LogP contribution in [0.3, 0.4) is 0 Å². The number of carbonyl (C=O) groups is 6. The van der Waals surface area contributed by atoms with Crippen molar-refractivity contribution >= 4 is 35.4 Å². The average molecular weight is 984 g/mol. The standard InChI is InChI=1S/C50H65NO19/c1-21-13-12-14-29(26(6)67-48(62)49(9,10)19-34(54)55)40(57)23(3)39(56)24(4)43(68-28(8)52)22(2)32(69-35-18-33-45(27(7)66-35)64-20-63-33)15-16-65-50(11)46(60)38-36-31(53)17-30(51-47(21)61)42(59)37(36)41(58)25(5)44(38)70-50/h12-17,22-24,26-27,29,32-33,35,39-40,43,45-46,56-58,60H,18-20H2,1-11H3,(H,51,61)(H,54,55)/b14-12+,16-15+,21-13-. The van der Waals surface area contributed by atoms with Crippen LogP contribution in [-0.2, 0) is 52.3 Å². The maximum absolute atomic E-state index is 14.0. The first-order valence-electron chi connectivity index (χ1n) is 23.3. The lowest BCUT2D eigenvalue weighted by Crippen LogP contribution is -2.50. The molecule has 6 aliphatic rings. The first-order chi connectivity index (χ1) is 32.7. The van der Waals surface area contributed by atoms with Gasteiger partial charge in [-0.05, 0) is 47.6 Å². The van der Waals surface area contributed by atoms with Gasteiger partial charge in [-0.1, -0.05) is 39.0 Å². The van der Waals surface area contributed by atoms with Crippen LogP contribution < -0.4 is 10.1 Å². The van der Waals surface area contributed by atoms with E-state index in [-0.39, 0.29) is 53.4 Å². The summed E-state index contributed by atoms with van der Waals surface area (Å²) < 4.78 is 48.3. The molecule has 0 aromatic heterocycles. The molecule has 20 heteroatoms. The number of phenolic OH excluding ortho intramolecular Hbond substituents is 1. The van der Waals surface area contributed by atoms with Crippen LogP contribution in [0.4, 0.5) is 0 Å². The molecular formula is C50H65NO19. The van der Waals surface area contributed by atoms with Gasteiger partial charge in [0.05, 0.1) is 59.9 Å². The molecule has 2 fully saturated rings. The summed E-state index contributed by atoms with van der Waals surface area (Å²) in [6.45, 7) is 16.3. The van der Waals surface area contributed by atoms with Crippen LogP contribution >= 0.6 is 0 Å². The van der Waals surface area contributed by atoms with Crippen LogP contribution in [0.2, 0.25) is 0 Å². The second kappa shape index (κ2) is 21.1. The van der Waals surface area contributed by atoms with Crippen molar-refractivity contribution in [2.75, 3.05) is 6.79 Å². The van der Waals surface area contributed by atoms with Gasteiger partial charge in [-0.2, -0.15) is 0 Å². The number of amides is 1. The largest absolute Gasteiger partial charge is 0.507 e. The Balaban J connectivity index is 1.45. The number of Topliss-reactive ketones (excluding diaryl/α,β-unsaturated/α-hetero) is 1. The SMILES string of the molecule is CC(=O)OC1C(C)C(OC2CC3OCOC3C(C)O2)/C=C/OC2(C)Oc3c(C)c(O)c4c(c3C2O)C(=O)C=C(NC(=O)/C(C)=C\C=C\C(C(C)OC(=O)C(C)(C)CC(=O)O)C(O)C(C)C(O)C1C)C4=O. The number of rotatable bonds is 8. The van der Waals surface area contributed by atoms with E-state index in [1.807, 2.05) is 0 Å². The van der Waals surface area contributed by atoms with E-state index in [1.54, 1.807) is 20.8 Å². The molecule has 0 spiro atoms. The highest BCUT2D eigenvalue weighted by atomic mass is 16.7. The van der Waals surface area contributed by atoms with Gasteiger partial charge in [-0.3, -0.25) is 28.8 Å². The average Bonchev–Trinajstić information content (AvgIpc) is 3.86. The number of allylic oxidation sites excluding steroid dienone is 4. The van der Waals surface area contributed by atoms with Crippen LogP contribution in [0.1, 0.15) is 120 Å². The second-order valence-electron chi connectivity index (χ2n) is 19.7. The highest BCUT2D eigenvalue weighted by molar-refractivity contribution is 6.27. The number of hydrogen-bond acceptors (Lipinski definition) is 18. The van der Waals surface area contributed by atoms with Gasteiger partial charge in [0.1, 0.15) is 36.6 Å². The molecule has 384 valence electrons. The fourth-order valence-corrected chi connectivity index (χ4v) is 9.63. The Morgan fingerprint density at radius 1 is 0.971 bits per heavy atom. The molecule has 15 unspecified atom stereocenters. The van der Waals surface area contributed by atoms with Crippen LogP contribution in [0.25, 0.3) is 0 Å². The molecular weight excluding hydrogens is 919 g/mol. The minimum absolute atomic E-state index is 0.00697. The number of benzene rings is 1. The molecule has 20 nitrogen and oxygen atoms in total. The number of aliphatic carboxylic acids is 1. The molecule has 1 aromatic carbocycles. The topological polar surface area (TPSA) is 289 Å². The zero-order chi connectivity index (χ0) is 51.9. The Morgan fingerprint density at radius 3 is 2.31 bits per heavy atom. The molecule has 0 radical (unpaired) electrons. The van der Waals surface area contributed by atoms with Crippen LogP contribution in [0.5, 0.6) is 11.5 Å². The summed E-state index contributed by atoms with van der Waals surface area (Å²) >= 11 is 0. The summed E-state index contributed by atoms with van der Waals surface area (Å²) in [4.78, 5) is 79.4. The van der Waals surface area contributed by atoms with E-state index in [1.165, 1.54) is 86.0 Å². The molecule has 0 saturated carbocycles. The minimum Gasteiger partial charge on any atom is -0.507 e. The number of carboxylic acid groups (broad SMARTS) is 1. The molecule has 5 bridgehead atoms. The fraction of sp³-hybridized carbons (Fsp3) is 0.600. The van der Waals surface area contributed by atoms with Crippen molar-refractivity contribution in [3.63, 3.8) is 0 Å². The monoisotopic (exact) mass is 983 g/mol. The van der Waals surface area contributed by atoms with Gasteiger partial charge in [-0.15, -0.1) is 0 Å². The summed E-state index contributed by atoms with van der Waals surface area (Å²) in [7, 11) is 0. The number of aromatic hydroxyl groups is 1. The molecule has 2 saturated heterocycles. The van der Waals surface area contributed by atoms with E-state index in [2.05, 4.69) is 5.32 Å². The zero-order valence-electron chi connectivity index (χ0n) is 41.1. The number of carboxylic acids is 1. The van der Waals surface area contributed by atoms with Crippen LogP contribution in [0, 0.1) is 36.0 Å². The smallest absolute Gasteiger partial charge is 0.312 e. The highest BCUT2D eigenvalue weighted by Crippen LogP contribution is 2.52. The van der Waals surface area contributed by atoms with Crippen molar-refractivity contribution in [1.29, 1.82) is 0 Å². The maximum Gasteiger partial charge on any atom is 0.312 e. The number of phenols is 1. The number of carbonyl (C=O) groups excluding carboxylic acids is 5. The lowest BCUT2D eigenvalue weighted by molar-refractivity contribution is -0.246. The van der Waals surface area contributed by atoms with Gasteiger partial charge >= 0.3 is 17.9 Å². The van der Waals surface area contributed by atoms with E-state index in [0.29, 0.717) is 0 Å². The lowest BCUT2D eigenvalue weighted by atomic mass is 9.77. The van der Waals surface area contributed by atoms with Gasteiger partial charge in [-0.25, -0.2) is 0 Å². The van der Waals surface area contributed by atoms with Crippen molar-refractivity contribution in [2.45, 2.75) is 156 Å². The normalized spacial score (nSPS) is 36.0. The molecule has 7 rings (SSSR count). The Morgan fingerprint density at radius 2 is 1.66 bits per heavy atom. The molecule has 1 amide bonds. The first-order valence-corrected chi connectivity index (χ1v) is 23.3. The van der Waals surface area contributed by atoms with Crippen molar-refractivity contribution < 1.29 is 92.2 Å². The number of aliphatic hydroxyl groups is 3.